The van der Waals surface area contributed by atoms with E-state index in [2.05, 4.69) is 5.32 Å². The molecule has 6 heteroatoms. The molecule has 0 aliphatic heterocycles. The summed E-state index contributed by atoms with van der Waals surface area (Å²) in [5.74, 6) is -1.78. The Kier molecular flexibility index (Phi) is 6.39. The third kappa shape index (κ3) is 6.07. The Morgan fingerprint density at radius 1 is 1.19 bits per heavy atom. The lowest BCUT2D eigenvalue weighted by Crippen LogP contribution is -2.42. The Hall–Kier alpha value is -2.37. The minimum Gasteiger partial charge on any atom is -0.480 e. The first-order chi connectivity index (χ1) is 9.90. The quantitative estimate of drug-likeness (QED) is 0.802. The van der Waals surface area contributed by atoms with Crippen molar-refractivity contribution in [1.29, 1.82) is 0 Å². The van der Waals surface area contributed by atoms with Gasteiger partial charge in [-0.25, -0.2) is 9.59 Å². The molecule has 0 spiro atoms. The third-order valence-corrected chi connectivity index (χ3v) is 2.85. The fraction of sp³-hybridized carbons (Fsp3) is 0.400. The molecule has 1 aromatic carbocycles. The highest BCUT2D eigenvalue weighted by molar-refractivity contribution is 5.88. The highest BCUT2D eigenvalue weighted by atomic mass is 16.5. The molecule has 6 nitrogen and oxygen atoms in total. The summed E-state index contributed by atoms with van der Waals surface area (Å²) >= 11 is 0. The number of ketones is 1. The number of amides is 1. The van der Waals surface area contributed by atoms with Crippen LogP contribution < -0.4 is 5.32 Å². The Morgan fingerprint density at radius 2 is 1.81 bits per heavy atom. The van der Waals surface area contributed by atoms with Gasteiger partial charge < -0.3 is 15.2 Å². The molecular weight excluding hydrogens is 274 g/mol. The molecule has 1 unspecified atom stereocenters. The van der Waals surface area contributed by atoms with Crippen molar-refractivity contribution in [3.8, 4) is 0 Å². The van der Waals surface area contributed by atoms with E-state index in [1.165, 1.54) is 0 Å². The molecule has 0 bridgehead atoms. The molecule has 0 aromatic heterocycles. The van der Waals surface area contributed by atoms with Crippen LogP contribution in [0.3, 0.4) is 0 Å². The van der Waals surface area contributed by atoms with Gasteiger partial charge >= 0.3 is 12.1 Å². The summed E-state index contributed by atoms with van der Waals surface area (Å²) in [6.07, 6.45) is -1.12. The second-order valence-electron chi connectivity index (χ2n) is 4.92. The Labute approximate surface area is 123 Å². The number of alkyl carbamates (subject to hydrolysis) is 1. The molecule has 0 fully saturated rings. The average molecular weight is 293 g/mol. The van der Waals surface area contributed by atoms with Crippen LogP contribution in [0, 0.1) is 5.92 Å². The smallest absolute Gasteiger partial charge is 0.408 e. The number of carbonyl (C=O) groups excluding carboxylic acids is 2. The number of aliphatic carboxylic acids is 1. The van der Waals surface area contributed by atoms with Crippen molar-refractivity contribution in [2.24, 2.45) is 5.92 Å². The average Bonchev–Trinajstić information content (AvgIpc) is 2.45. The van der Waals surface area contributed by atoms with E-state index >= 15 is 0 Å². The maximum atomic E-state index is 11.6. The SMILES string of the molecule is CC(C)C(=O)CC(NC(=O)OCc1ccccc1)C(=O)O. The summed E-state index contributed by atoms with van der Waals surface area (Å²) in [4.78, 5) is 34.2. The summed E-state index contributed by atoms with van der Waals surface area (Å²) in [5.41, 5.74) is 0.790. The zero-order valence-corrected chi connectivity index (χ0v) is 12.0. The normalized spacial score (nSPS) is 11.8. The minimum absolute atomic E-state index is 0.0388. The van der Waals surface area contributed by atoms with Gasteiger partial charge in [-0.2, -0.15) is 0 Å². The maximum absolute atomic E-state index is 11.6. The van der Waals surface area contributed by atoms with Gasteiger partial charge in [-0.1, -0.05) is 44.2 Å². The highest BCUT2D eigenvalue weighted by Gasteiger charge is 2.24. The number of benzene rings is 1. The summed E-state index contributed by atoms with van der Waals surface area (Å²) in [6, 6.07) is 7.73. The zero-order chi connectivity index (χ0) is 15.8. The number of ether oxygens (including phenoxy) is 1. The minimum atomic E-state index is -1.27. The van der Waals surface area contributed by atoms with Gasteiger partial charge in [0.05, 0.1) is 0 Å². The van der Waals surface area contributed by atoms with Gasteiger partial charge in [0.1, 0.15) is 18.4 Å². The van der Waals surface area contributed by atoms with E-state index in [-0.39, 0.29) is 24.7 Å². The summed E-state index contributed by atoms with van der Waals surface area (Å²) in [7, 11) is 0. The number of Topliss-reactive ketones (excluding diaryl/α,β-unsaturated/α-hetero) is 1. The van der Waals surface area contributed by atoms with E-state index in [1.54, 1.807) is 38.1 Å². The van der Waals surface area contributed by atoms with Gasteiger partial charge in [-0.15, -0.1) is 0 Å². The number of carbonyl (C=O) groups is 3. The van der Waals surface area contributed by atoms with Gasteiger partial charge in [0.2, 0.25) is 0 Å². The first-order valence-electron chi connectivity index (χ1n) is 6.63. The van der Waals surface area contributed by atoms with Crippen LogP contribution in [0.5, 0.6) is 0 Å². The van der Waals surface area contributed by atoms with Crippen molar-refractivity contribution < 1.29 is 24.2 Å². The molecule has 1 amide bonds. The predicted molar refractivity (Wildman–Crippen MR) is 75.6 cm³/mol. The molecule has 0 aliphatic carbocycles. The first-order valence-corrected chi connectivity index (χ1v) is 6.63. The van der Waals surface area contributed by atoms with Crippen LogP contribution >= 0.6 is 0 Å². The molecule has 21 heavy (non-hydrogen) atoms. The number of hydrogen-bond donors (Lipinski definition) is 2. The van der Waals surface area contributed by atoms with E-state index in [9.17, 15) is 14.4 Å². The number of hydrogen-bond acceptors (Lipinski definition) is 4. The van der Waals surface area contributed by atoms with Gasteiger partial charge in [-0.3, -0.25) is 4.79 Å². The van der Waals surface area contributed by atoms with Crippen molar-refractivity contribution in [2.45, 2.75) is 32.9 Å². The summed E-state index contributed by atoms with van der Waals surface area (Å²) in [6.45, 7) is 3.39. The van der Waals surface area contributed by atoms with Crippen molar-refractivity contribution in [3.05, 3.63) is 35.9 Å². The van der Waals surface area contributed by atoms with Crippen LogP contribution in [-0.2, 0) is 20.9 Å². The number of nitrogens with one attached hydrogen (secondary N) is 1. The van der Waals surface area contributed by atoms with Gasteiger partial charge in [0.25, 0.3) is 0 Å². The van der Waals surface area contributed by atoms with E-state index in [0.717, 1.165) is 5.56 Å². The Bertz CT molecular complexity index is 498. The second kappa shape index (κ2) is 8.04. The molecular formula is C15H19NO5. The lowest BCUT2D eigenvalue weighted by Gasteiger charge is -2.15. The van der Waals surface area contributed by atoms with Gasteiger partial charge in [-0.05, 0) is 5.56 Å². The molecule has 1 rings (SSSR count). The van der Waals surface area contributed by atoms with Crippen LogP contribution in [0.1, 0.15) is 25.8 Å². The zero-order valence-electron chi connectivity index (χ0n) is 12.0. The highest BCUT2D eigenvalue weighted by Crippen LogP contribution is 2.05. The standard InChI is InChI=1S/C15H19NO5/c1-10(2)13(17)8-12(14(18)19)16-15(20)21-9-11-6-4-3-5-7-11/h3-7,10,12H,8-9H2,1-2H3,(H,16,20)(H,18,19). The van der Waals surface area contributed by atoms with Crippen LogP contribution in [0.2, 0.25) is 0 Å². The summed E-state index contributed by atoms with van der Waals surface area (Å²) < 4.78 is 4.93. The molecule has 0 saturated heterocycles. The van der Waals surface area contributed by atoms with Crippen LogP contribution in [0.4, 0.5) is 4.79 Å². The Balaban J connectivity index is 2.49. The monoisotopic (exact) mass is 293 g/mol. The molecule has 2 N–H and O–H groups in total. The number of carboxylic acid groups (broad SMARTS) is 1. The molecule has 0 heterocycles. The van der Waals surface area contributed by atoms with Crippen LogP contribution in [0.25, 0.3) is 0 Å². The molecule has 1 aromatic rings. The van der Waals surface area contributed by atoms with E-state index in [1.807, 2.05) is 6.07 Å². The largest absolute Gasteiger partial charge is 0.480 e. The van der Waals surface area contributed by atoms with Crippen molar-refractivity contribution in [1.82, 2.24) is 5.32 Å². The van der Waals surface area contributed by atoms with Crippen LogP contribution in [-0.4, -0.2) is 29.0 Å². The maximum Gasteiger partial charge on any atom is 0.408 e. The molecule has 0 saturated carbocycles. The van der Waals surface area contributed by atoms with Crippen molar-refractivity contribution in [3.63, 3.8) is 0 Å². The molecule has 0 aliphatic rings. The first kappa shape index (κ1) is 16.7. The van der Waals surface area contributed by atoms with E-state index in [0.29, 0.717) is 0 Å². The number of carboxylic acids is 1. The van der Waals surface area contributed by atoms with Gasteiger partial charge in [0.15, 0.2) is 0 Å². The molecule has 1 atom stereocenters. The fourth-order valence-electron chi connectivity index (χ4n) is 1.54. The number of rotatable bonds is 7. The van der Waals surface area contributed by atoms with Gasteiger partial charge in [0, 0.05) is 12.3 Å². The second-order valence-corrected chi connectivity index (χ2v) is 4.92. The van der Waals surface area contributed by atoms with Crippen molar-refractivity contribution in [2.75, 3.05) is 0 Å². The lowest BCUT2D eigenvalue weighted by atomic mass is 10.0. The molecule has 114 valence electrons. The third-order valence-electron chi connectivity index (χ3n) is 2.85. The predicted octanol–water partition coefficient (Wildman–Crippen LogP) is 1.98. The van der Waals surface area contributed by atoms with Crippen molar-refractivity contribution >= 4 is 17.8 Å². The van der Waals surface area contributed by atoms with Crippen LogP contribution in [0.15, 0.2) is 30.3 Å². The lowest BCUT2D eigenvalue weighted by molar-refractivity contribution is -0.141. The topological polar surface area (TPSA) is 92.7 Å². The fourth-order valence-corrected chi connectivity index (χ4v) is 1.54. The van der Waals surface area contributed by atoms with E-state index < -0.39 is 18.1 Å². The van der Waals surface area contributed by atoms with E-state index in [4.69, 9.17) is 9.84 Å². The molecule has 0 radical (unpaired) electrons. The summed E-state index contributed by atoms with van der Waals surface area (Å²) in [5, 5.41) is 11.2. The Morgan fingerprint density at radius 3 is 2.33 bits per heavy atom.